The molecule has 0 aliphatic rings. The molecule has 19 heavy (non-hydrogen) atoms. The van der Waals surface area contributed by atoms with Crippen LogP contribution in [0.2, 0.25) is 5.02 Å². The first kappa shape index (κ1) is 16.4. The zero-order valence-electron chi connectivity index (χ0n) is 11.7. The summed E-state index contributed by atoms with van der Waals surface area (Å²) in [5.41, 5.74) is 6.29. The summed E-state index contributed by atoms with van der Waals surface area (Å²) in [6.45, 7) is 7.89. The molecule has 1 rings (SSSR count). The van der Waals surface area contributed by atoms with E-state index in [-0.39, 0.29) is 27.9 Å². The average Bonchev–Trinajstić information content (AvgIpc) is 2.23. The van der Waals surface area contributed by atoms with Crippen LogP contribution >= 0.6 is 11.6 Å². The third kappa shape index (κ3) is 4.18. The van der Waals surface area contributed by atoms with Gasteiger partial charge in [0, 0.05) is 12.6 Å². The molecule has 0 aromatic heterocycles. The van der Waals surface area contributed by atoms with Crippen molar-refractivity contribution in [1.82, 2.24) is 4.72 Å². The molecule has 4 nitrogen and oxygen atoms in total. The summed E-state index contributed by atoms with van der Waals surface area (Å²) in [6.07, 6.45) is 0. The Morgan fingerprint density at radius 3 is 2.37 bits per heavy atom. The van der Waals surface area contributed by atoms with Crippen LogP contribution in [0.25, 0.3) is 0 Å². The molecule has 1 unspecified atom stereocenters. The molecule has 108 valence electrons. The molecule has 0 radical (unpaired) electrons. The second kappa shape index (κ2) is 5.79. The van der Waals surface area contributed by atoms with Gasteiger partial charge in [-0.1, -0.05) is 38.4 Å². The lowest BCUT2D eigenvalue weighted by Gasteiger charge is -2.30. The van der Waals surface area contributed by atoms with Gasteiger partial charge in [0.25, 0.3) is 0 Å². The molecule has 0 spiro atoms. The van der Waals surface area contributed by atoms with Crippen molar-refractivity contribution < 1.29 is 8.42 Å². The molecule has 0 saturated heterocycles. The molecule has 0 saturated carbocycles. The first-order valence-corrected chi connectivity index (χ1v) is 7.92. The van der Waals surface area contributed by atoms with Gasteiger partial charge in [-0.25, -0.2) is 13.1 Å². The lowest BCUT2D eigenvalue weighted by atomic mass is 9.88. The van der Waals surface area contributed by atoms with Crippen molar-refractivity contribution >= 4 is 21.6 Å². The van der Waals surface area contributed by atoms with Gasteiger partial charge in [0.05, 0.1) is 5.02 Å². The molecule has 0 amide bonds. The van der Waals surface area contributed by atoms with E-state index in [9.17, 15) is 8.42 Å². The van der Waals surface area contributed by atoms with Crippen molar-refractivity contribution in [2.45, 2.75) is 38.6 Å². The Morgan fingerprint density at radius 2 is 1.95 bits per heavy atom. The fraction of sp³-hybridized carbons (Fsp3) is 0.538. The van der Waals surface area contributed by atoms with E-state index in [1.807, 2.05) is 27.7 Å². The predicted molar refractivity (Wildman–Crippen MR) is 78.8 cm³/mol. The van der Waals surface area contributed by atoms with Gasteiger partial charge in [-0.2, -0.15) is 0 Å². The molecular formula is C13H21ClN2O2S. The summed E-state index contributed by atoms with van der Waals surface area (Å²) in [5, 5.41) is 0.220. The zero-order valence-corrected chi connectivity index (χ0v) is 13.3. The van der Waals surface area contributed by atoms with E-state index in [1.165, 1.54) is 6.07 Å². The van der Waals surface area contributed by atoms with Crippen molar-refractivity contribution in [3.8, 4) is 0 Å². The van der Waals surface area contributed by atoms with Gasteiger partial charge in [-0.15, -0.1) is 0 Å². The average molecular weight is 305 g/mol. The highest BCUT2D eigenvalue weighted by atomic mass is 35.5. The maximum atomic E-state index is 12.3. The van der Waals surface area contributed by atoms with Crippen molar-refractivity contribution in [3.63, 3.8) is 0 Å². The van der Waals surface area contributed by atoms with Gasteiger partial charge in [0.2, 0.25) is 10.0 Å². The van der Waals surface area contributed by atoms with Crippen molar-refractivity contribution in [3.05, 3.63) is 28.8 Å². The Labute approximate surface area is 120 Å². The summed E-state index contributed by atoms with van der Waals surface area (Å²) in [4.78, 5) is 0.0856. The number of aryl methyl sites for hydroxylation is 1. The fourth-order valence-corrected chi connectivity index (χ4v) is 3.71. The molecule has 0 heterocycles. The number of nitrogens with one attached hydrogen (secondary N) is 1. The number of rotatable bonds is 4. The van der Waals surface area contributed by atoms with E-state index >= 15 is 0 Å². The first-order chi connectivity index (χ1) is 8.58. The van der Waals surface area contributed by atoms with Crippen LogP contribution in [0.1, 0.15) is 26.3 Å². The van der Waals surface area contributed by atoms with E-state index in [0.29, 0.717) is 0 Å². The topological polar surface area (TPSA) is 72.2 Å². The quantitative estimate of drug-likeness (QED) is 0.896. The molecule has 1 aromatic carbocycles. The molecule has 6 heteroatoms. The Balaban J connectivity index is 3.11. The highest BCUT2D eigenvalue weighted by Crippen LogP contribution is 2.25. The third-order valence-electron chi connectivity index (χ3n) is 2.96. The zero-order chi connectivity index (χ0) is 14.8. The van der Waals surface area contributed by atoms with Crippen molar-refractivity contribution in [2.75, 3.05) is 6.54 Å². The minimum absolute atomic E-state index is 0.0856. The summed E-state index contributed by atoms with van der Waals surface area (Å²) in [5.74, 6) is 0. The monoisotopic (exact) mass is 304 g/mol. The molecule has 1 atom stereocenters. The van der Waals surface area contributed by atoms with Gasteiger partial charge in [0.1, 0.15) is 4.90 Å². The van der Waals surface area contributed by atoms with Gasteiger partial charge < -0.3 is 5.73 Å². The molecule has 0 aliphatic heterocycles. The minimum Gasteiger partial charge on any atom is -0.329 e. The number of nitrogens with two attached hydrogens (primary N) is 1. The highest BCUT2D eigenvalue weighted by Gasteiger charge is 2.29. The summed E-state index contributed by atoms with van der Waals surface area (Å²) < 4.78 is 27.3. The van der Waals surface area contributed by atoms with Crippen molar-refractivity contribution in [1.29, 1.82) is 0 Å². The molecular weight excluding hydrogens is 284 g/mol. The van der Waals surface area contributed by atoms with Crippen LogP contribution in [-0.4, -0.2) is 21.0 Å². The molecule has 0 fully saturated rings. The lowest BCUT2D eigenvalue weighted by Crippen LogP contribution is -2.48. The number of hydrogen-bond acceptors (Lipinski definition) is 3. The maximum absolute atomic E-state index is 12.3. The first-order valence-electron chi connectivity index (χ1n) is 6.06. The normalized spacial score (nSPS) is 14.4. The van der Waals surface area contributed by atoms with Crippen LogP contribution in [-0.2, 0) is 10.0 Å². The van der Waals surface area contributed by atoms with Crippen molar-refractivity contribution in [2.24, 2.45) is 11.1 Å². The molecule has 1 aromatic rings. The van der Waals surface area contributed by atoms with Gasteiger partial charge >= 0.3 is 0 Å². The summed E-state index contributed by atoms with van der Waals surface area (Å²) in [6, 6.07) is 4.51. The maximum Gasteiger partial charge on any atom is 0.242 e. The van der Waals surface area contributed by atoms with Gasteiger partial charge in [-0.05, 0) is 30.0 Å². The largest absolute Gasteiger partial charge is 0.329 e. The number of halogens is 1. The Kier molecular flexibility index (Phi) is 5.01. The number of hydrogen-bond donors (Lipinski definition) is 2. The van der Waals surface area contributed by atoms with E-state index in [0.717, 1.165) is 5.56 Å². The molecule has 0 aliphatic carbocycles. The minimum atomic E-state index is -3.66. The SMILES string of the molecule is Cc1ccc(S(=O)(=O)NC(CN)C(C)(C)C)c(Cl)c1. The summed E-state index contributed by atoms with van der Waals surface area (Å²) >= 11 is 6.00. The standard InChI is InChI=1S/C13H21ClN2O2S/c1-9-5-6-11(10(14)7-9)19(17,18)16-12(8-15)13(2,3)4/h5-7,12,16H,8,15H2,1-4H3. The smallest absolute Gasteiger partial charge is 0.242 e. The Bertz CT molecular complexity index is 550. The highest BCUT2D eigenvalue weighted by molar-refractivity contribution is 7.89. The van der Waals surface area contributed by atoms with Crippen LogP contribution < -0.4 is 10.5 Å². The van der Waals surface area contributed by atoms with E-state index in [4.69, 9.17) is 17.3 Å². The van der Waals surface area contributed by atoms with E-state index < -0.39 is 10.0 Å². The number of sulfonamides is 1. The fourth-order valence-electron chi connectivity index (χ4n) is 1.65. The second-order valence-electron chi connectivity index (χ2n) is 5.71. The van der Waals surface area contributed by atoms with Gasteiger partial charge in [0.15, 0.2) is 0 Å². The van der Waals surface area contributed by atoms with Gasteiger partial charge in [-0.3, -0.25) is 0 Å². The molecule has 0 bridgehead atoms. The number of benzene rings is 1. The van der Waals surface area contributed by atoms with Crippen LogP contribution in [0, 0.1) is 12.3 Å². The third-order valence-corrected chi connectivity index (χ3v) is 4.91. The predicted octanol–water partition coefficient (Wildman–Crippen LogP) is 2.30. The van der Waals surface area contributed by atoms with Crippen LogP contribution in [0.3, 0.4) is 0 Å². The van der Waals surface area contributed by atoms with Crippen LogP contribution in [0.15, 0.2) is 23.1 Å². The van der Waals surface area contributed by atoms with Crippen LogP contribution in [0.5, 0.6) is 0 Å². The van der Waals surface area contributed by atoms with E-state index in [2.05, 4.69) is 4.72 Å². The van der Waals surface area contributed by atoms with E-state index in [1.54, 1.807) is 12.1 Å². The summed E-state index contributed by atoms with van der Waals surface area (Å²) in [7, 11) is -3.66. The Hall–Kier alpha value is -0.620. The molecule has 3 N–H and O–H groups in total. The Morgan fingerprint density at radius 1 is 1.37 bits per heavy atom. The second-order valence-corrected chi connectivity index (χ2v) is 7.80. The lowest BCUT2D eigenvalue weighted by molar-refractivity contribution is 0.304. The van der Waals surface area contributed by atoms with Crippen LogP contribution in [0.4, 0.5) is 0 Å².